The number of hydrogen-bond donors (Lipinski definition) is 3. The zero-order chi connectivity index (χ0) is 25.5. The molecule has 3 N–H and O–H groups in total. The molecule has 2 aromatic carbocycles. The molecule has 1 aromatic heterocycles. The second-order valence-electron chi connectivity index (χ2n) is 9.98. The number of carboxylic acid groups (broad SMARTS) is 1. The fourth-order valence-electron chi connectivity index (χ4n) is 5.18. The number of aromatic nitrogens is 1. The molecule has 4 atom stereocenters. The predicted octanol–water partition coefficient (Wildman–Crippen LogP) is 3.78. The van der Waals surface area contributed by atoms with E-state index in [1.807, 2.05) is 68.4 Å². The van der Waals surface area contributed by atoms with E-state index in [4.69, 9.17) is 14.5 Å². The van der Waals surface area contributed by atoms with Gasteiger partial charge in [0.15, 0.2) is 0 Å². The Kier molecular flexibility index (Phi) is 6.08. The van der Waals surface area contributed by atoms with Crippen LogP contribution in [0, 0.1) is 5.41 Å². The largest absolute Gasteiger partial charge is 0.497 e. The van der Waals surface area contributed by atoms with Gasteiger partial charge in [-0.3, -0.25) is 4.79 Å². The van der Waals surface area contributed by atoms with Gasteiger partial charge in [-0.1, -0.05) is 44.2 Å². The molecule has 2 fully saturated rings. The van der Waals surface area contributed by atoms with Gasteiger partial charge in [0.1, 0.15) is 23.1 Å². The molecule has 3 aromatic rings. The van der Waals surface area contributed by atoms with Crippen molar-refractivity contribution in [3.63, 3.8) is 0 Å². The van der Waals surface area contributed by atoms with Crippen molar-refractivity contribution in [3.8, 4) is 22.8 Å². The number of fused-ring (bicyclic) bond motifs is 1. The normalized spacial score (nSPS) is 27.0. The number of pyridine rings is 1. The lowest BCUT2D eigenvalue weighted by Crippen LogP contribution is -2.52. The molecular weight excluding hydrogens is 458 g/mol. The van der Waals surface area contributed by atoms with Crippen molar-refractivity contribution < 1.29 is 24.2 Å². The first kappa shape index (κ1) is 24.1. The van der Waals surface area contributed by atoms with Crippen molar-refractivity contribution in [2.45, 2.75) is 50.8 Å². The van der Waals surface area contributed by atoms with E-state index < -0.39 is 23.0 Å². The maximum atomic E-state index is 13.0. The zero-order valence-corrected chi connectivity index (χ0v) is 20.7. The molecule has 2 aliphatic rings. The summed E-state index contributed by atoms with van der Waals surface area (Å²) in [5.74, 6) is 0.113. The maximum Gasteiger partial charge on any atom is 0.330 e. The first-order valence-corrected chi connectivity index (χ1v) is 12.3. The molecule has 8 nitrogen and oxygen atoms in total. The number of carboxylic acids is 1. The van der Waals surface area contributed by atoms with E-state index in [1.54, 1.807) is 7.11 Å². The number of carbonyl (C=O) groups excluding carboxylic acids is 1. The summed E-state index contributed by atoms with van der Waals surface area (Å²) in [5.41, 5.74) is 0.888. The molecular formula is C28H31N3O5. The summed E-state index contributed by atoms with van der Waals surface area (Å²) < 4.78 is 11.8. The number of ether oxygens (including phenoxy) is 2. The number of methoxy groups -OCH3 is 1. The molecule has 188 valence electrons. The fraction of sp³-hybridized carbons (Fsp3) is 0.393. The van der Waals surface area contributed by atoms with E-state index in [1.165, 1.54) is 0 Å². The summed E-state index contributed by atoms with van der Waals surface area (Å²) in [6.07, 6.45) is 1.31. The number of nitrogens with one attached hydrogen (secondary N) is 2. The Labute approximate surface area is 210 Å². The number of rotatable bonds is 8. The number of carbonyl (C=O) groups is 2. The molecule has 1 saturated heterocycles. The Balaban J connectivity index is 1.36. The van der Waals surface area contributed by atoms with Crippen LogP contribution >= 0.6 is 0 Å². The topological polar surface area (TPSA) is 110 Å². The second kappa shape index (κ2) is 9.09. The van der Waals surface area contributed by atoms with Gasteiger partial charge in [-0.05, 0) is 25.0 Å². The fourth-order valence-corrected chi connectivity index (χ4v) is 5.18. The number of hydrogen-bond acceptors (Lipinski definition) is 6. The number of benzene rings is 2. The van der Waals surface area contributed by atoms with Crippen LogP contribution in [0.15, 0.2) is 54.6 Å². The van der Waals surface area contributed by atoms with Gasteiger partial charge >= 0.3 is 5.97 Å². The summed E-state index contributed by atoms with van der Waals surface area (Å²) in [6, 6.07) is 17.0. The van der Waals surface area contributed by atoms with Crippen LogP contribution in [0.5, 0.6) is 11.5 Å². The molecule has 8 heteroatoms. The third kappa shape index (κ3) is 4.15. The van der Waals surface area contributed by atoms with Gasteiger partial charge in [0.25, 0.3) is 0 Å². The first-order chi connectivity index (χ1) is 17.3. The molecule has 36 heavy (non-hydrogen) atoms. The van der Waals surface area contributed by atoms with Gasteiger partial charge in [-0.25, -0.2) is 9.78 Å². The van der Waals surface area contributed by atoms with Crippen LogP contribution in [-0.4, -0.2) is 53.3 Å². The van der Waals surface area contributed by atoms with E-state index in [0.717, 1.165) is 22.2 Å². The third-order valence-electron chi connectivity index (χ3n) is 7.79. The van der Waals surface area contributed by atoms with E-state index in [2.05, 4.69) is 10.6 Å². The predicted molar refractivity (Wildman–Crippen MR) is 136 cm³/mol. The molecule has 1 amide bonds. The third-order valence-corrected chi connectivity index (χ3v) is 7.79. The summed E-state index contributed by atoms with van der Waals surface area (Å²) >= 11 is 0. The van der Waals surface area contributed by atoms with Crippen LogP contribution in [0.2, 0.25) is 0 Å². The minimum Gasteiger partial charge on any atom is -0.497 e. The molecule has 2 heterocycles. The van der Waals surface area contributed by atoms with Gasteiger partial charge in [0.05, 0.1) is 24.4 Å². The van der Waals surface area contributed by atoms with Crippen LogP contribution in [0.1, 0.15) is 33.1 Å². The molecule has 1 aliphatic heterocycles. The van der Waals surface area contributed by atoms with Gasteiger partial charge < -0.3 is 25.2 Å². The van der Waals surface area contributed by atoms with Crippen molar-refractivity contribution in [1.82, 2.24) is 15.6 Å². The highest BCUT2D eigenvalue weighted by Gasteiger charge is 2.69. The van der Waals surface area contributed by atoms with Crippen LogP contribution in [0.25, 0.3) is 22.2 Å². The van der Waals surface area contributed by atoms with Crippen LogP contribution in [-0.2, 0) is 9.59 Å². The summed E-state index contributed by atoms with van der Waals surface area (Å²) in [6.45, 7) is 4.33. The van der Waals surface area contributed by atoms with E-state index in [9.17, 15) is 14.7 Å². The van der Waals surface area contributed by atoms with Crippen LogP contribution in [0.4, 0.5) is 0 Å². The Morgan fingerprint density at radius 2 is 1.97 bits per heavy atom. The van der Waals surface area contributed by atoms with Crippen LogP contribution in [0.3, 0.4) is 0 Å². The minimum absolute atomic E-state index is 0.255. The Bertz CT molecular complexity index is 1310. The van der Waals surface area contributed by atoms with Crippen molar-refractivity contribution in [2.24, 2.45) is 5.41 Å². The maximum absolute atomic E-state index is 13.0. The highest BCUT2D eigenvalue weighted by molar-refractivity contribution is 5.93. The van der Waals surface area contributed by atoms with Crippen molar-refractivity contribution in [1.29, 1.82) is 0 Å². The van der Waals surface area contributed by atoms with E-state index >= 15 is 0 Å². The van der Waals surface area contributed by atoms with Crippen LogP contribution < -0.4 is 20.1 Å². The Hall–Kier alpha value is -3.65. The van der Waals surface area contributed by atoms with Crippen molar-refractivity contribution in [2.75, 3.05) is 13.7 Å². The minimum atomic E-state index is -1.19. The lowest BCUT2D eigenvalue weighted by molar-refractivity contribution is -0.144. The average molecular weight is 490 g/mol. The highest BCUT2D eigenvalue weighted by Crippen LogP contribution is 2.58. The van der Waals surface area contributed by atoms with Gasteiger partial charge in [-0.15, -0.1) is 0 Å². The van der Waals surface area contributed by atoms with Crippen molar-refractivity contribution in [3.05, 3.63) is 54.6 Å². The average Bonchev–Trinajstić information content (AvgIpc) is 3.23. The Morgan fingerprint density at radius 3 is 2.64 bits per heavy atom. The summed E-state index contributed by atoms with van der Waals surface area (Å²) in [5, 5.41) is 16.7. The SMILES string of the molecule is CCC1(C)CC1(NC(=O)C1CC(Oc2cc(-c3ccccc3)nc3cc(OC)ccc23)CN1)C(=O)O. The zero-order valence-electron chi connectivity index (χ0n) is 20.7. The van der Waals surface area contributed by atoms with E-state index in [0.29, 0.717) is 37.3 Å². The molecule has 5 rings (SSSR count). The molecule has 1 saturated carbocycles. The molecule has 0 radical (unpaired) electrons. The number of nitrogens with zero attached hydrogens (tertiary/aromatic N) is 1. The second-order valence-corrected chi connectivity index (χ2v) is 9.98. The van der Waals surface area contributed by atoms with Crippen molar-refractivity contribution >= 4 is 22.8 Å². The van der Waals surface area contributed by atoms with Gasteiger partial charge in [0, 0.05) is 41.5 Å². The Morgan fingerprint density at radius 1 is 1.19 bits per heavy atom. The monoisotopic (exact) mass is 489 g/mol. The summed E-state index contributed by atoms with van der Waals surface area (Å²) in [4.78, 5) is 29.8. The van der Waals surface area contributed by atoms with Gasteiger partial charge in [0.2, 0.25) is 5.91 Å². The lowest BCUT2D eigenvalue weighted by Gasteiger charge is -2.21. The highest BCUT2D eigenvalue weighted by atomic mass is 16.5. The lowest BCUT2D eigenvalue weighted by atomic mass is 9.98. The standard InChI is InChI=1S/C28H31N3O5/c1-4-27(2)16-28(27,26(33)34)31-25(32)23-13-19(15-29-23)36-24-14-21(17-8-6-5-7-9-17)30-22-12-18(35-3)10-11-20(22)24/h5-12,14,19,23,29H,4,13,15-16H2,1-3H3,(H,31,32)(H,33,34). The molecule has 4 unspecified atom stereocenters. The molecule has 0 spiro atoms. The summed E-state index contributed by atoms with van der Waals surface area (Å²) in [7, 11) is 1.62. The molecule has 0 bridgehead atoms. The first-order valence-electron chi connectivity index (χ1n) is 12.3. The molecule has 1 aliphatic carbocycles. The number of aliphatic carboxylic acids is 1. The smallest absolute Gasteiger partial charge is 0.330 e. The van der Waals surface area contributed by atoms with Gasteiger partial charge in [-0.2, -0.15) is 0 Å². The number of amides is 1. The quantitative estimate of drug-likeness (QED) is 0.442. The van der Waals surface area contributed by atoms with E-state index in [-0.39, 0.29) is 12.0 Å².